The number of pyridine rings is 1. The van der Waals surface area contributed by atoms with E-state index < -0.39 is 10.0 Å². The van der Waals surface area contributed by atoms with Crippen molar-refractivity contribution < 1.29 is 8.42 Å². The van der Waals surface area contributed by atoms with Gasteiger partial charge in [0.05, 0.1) is 5.02 Å². The lowest BCUT2D eigenvalue weighted by Gasteiger charge is -2.12. The zero-order chi connectivity index (χ0) is 15.6. The highest BCUT2D eigenvalue weighted by Crippen LogP contribution is 2.25. The molecule has 21 heavy (non-hydrogen) atoms. The number of hydrogen-bond donors (Lipinski definition) is 2. The Morgan fingerprint density at radius 1 is 1.29 bits per heavy atom. The summed E-state index contributed by atoms with van der Waals surface area (Å²) in [6, 6.07) is 5.79. The molecule has 0 unspecified atom stereocenters. The minimum Gasteiger partial charge on any atom is -0.322 e. The molecule has 2 N–H and O–H groups in total. The zero-order valence-corrected chi connectivity index (χ0v) is 13.3. The molecule has 0 fully saturated rings. The summed E-state index contributed by atoms with van der Waals surface area (Å²) in [5, 5.41) is 0.675. The molecule has 1 heterocycles. The number of sulfonamides is 1. The number of likely N-dealkylation sites (N-methyl/N-ethyl adjacent to an activating group) is 1. The van der Waals surface area contributed by atoms with Crippen LogP contribution in [0.1, 0.15) is 0 Å². The number of nitrogens with zero attached hydrogens (tertiary/aromatic N) is 1. The van der Waals surface area contributed by atoms with E-state index in [9.17, 15) is 13.2 Å². The van der Waals surface area contributed by atoms with Crippen LogP contribution in [0.4, 0.5) is 0 Å². The third-order valence-corrected chi connectivity index (χ3v) is 4.84. The summed E-state index contributed by atoms with van der Waals surface area (Å²) < 4.78 is 27.0. The fourth-order valence-corrected chi connectivity index (χ4v) is 3.42. The van der Waals surface area contributed by atoms with Crippen LogP contribution in [0.2, 0.25) is 5.02 Å². The molecule has 6 nitrogen and oxygen atoms in total. The Balaban J connectivity index is 2.39. The first-order valence-electron chi connectivity index (χ1n) is 6.26. The Kier molecular flexibility index (Phi) is 4.67. The van der Waals surface area contributed by atoms with Crippen LogP contribution in [0.25, 0.3) is 10.9 Å². The molecule has 0 amide bonds. The number of aromatic nitrogens is 1. The molecule has 0 radical (unpaired) electrons. The number of hydrogen-bond acceptors (Lipinski definition) is 4. The number of benzene rings is 1. The second kappa shape index (κ2) is 6.15. The fourth-order valence-electron chi connectivity index (χ4n) is 1.84. The zero-order valence-electron chi connectivity index (χ0n) is 11.7. The van der Waals surface area contributed by atoms with E-state index in [0.717, 1.165) is 0 Å². The lowest BCUT2D eigenvalue weighted by molar-refractivity contribution is 0.412. The number of nitrogens with one attached hydrogen (secondary N) is 2. The van der Waals surface area contributed by atoms with Crippen LogP contribution >= 0.6 is 11.6 Å². The highest BCUT2D eigenvalue weighted by atomic mass is 35.5. The van der Waals surface area contributed by atoms with Crippen molar-refractivity contribution in [2.24, 2.45) is 0 Å². The summed E-state index contributed by atoms with van der Waals surface area (Å²) in [6.45, 7) is 0.868. The highest BCUT2D eigenvalue weighted by molar-refractivity contribution is 7.89. The first kappa shape index (κ1) is 16.0. The predicted molar refractivity (Wildman–Crippen MR) is 83.3 cm³/mol. The number of H-pyrrole nitrogens is 1. The summed E-state index contributed by atoms with van der Waals surface area (Å²) >= 11 is 6.03. The summed E-state index contributed by atoms with van der Waals surface area (Å²) in [7, 11) is 0.0208. The summed E-state index contributed by atoms with van der Waals surface area (Å²) in [5.74, 6) is 0. The van der Waals surface area contributed by atoms with Crippen molar-refractivity contribution in [2.75, 3.05) is 27.2 Å². The van der Waals surface area contributed by atoms with Gasteiger partial charge in [-0.25, -0.2) is 13.1 Å². The van der Waals surface area contributed by atoms with Gasteiger partial charge in [0, 0.05) is 24.7 Å². The van der Waals surface area contributed by atoms with Crippen LogP contribution in [0, 0.1) is 0 Å². The molecule has 0 atom stereocenters. The maximum atomic E-state index is 12.3. The Labute approximate surface area is 127 Å². The third kappa shape index (κ3) is 3.82. The predicted octanol–water partition coefficient (Wildman–Crippen LogP) is 1.02. The molecule has 0 saturated carbocycles. The molecule has 0 aliphatic rings. The quantitative estimate of drug-likeness (QED) is 0.858. The smallest absolute Gasteiger partial charge is 0.248 e. The van der Waals surface area contributed by atoms with Gasteiger partial charge in [0.15, 0.2) is 0 Å². The Bertz CT molecular complexity index is 815. The molecule has 0 aliphatic heterocycles. The van der Waals surface area contributed by atoms with E-state index in [1.165, 1.54) is 18.2 Å². The van der Waals surface area contributed by atoms with Gasteiger partial charge in [-0.05, 0) is 37.7 Å². The monoisotopic (exact) mass is 329 g/mol. The molecule has 2 rings (SSSR count). The molecule has 1 aromatic heterocycles. The van der Waals surface area contributed by atoms with E-state index in [1.807, 2.05) is 19.0 Å². The molecular weight excluding hydrogens is 314 g/mol. The number of rotatable bonds is 5. The van der Waals surface area contributed by atoms with Crippen LogP contribution in [0.3, 0.4) is 0 Å². The van der Waals surface area contributed by atoms with Gasteiger partial charge < -0.3 is 9.88 Å². The van der Waals surface area contributed by atoms with E-state index >= 15 is 0 Å². The van der Waals surface area contributed by atoms with E-state index in [4.69, 9.17) is 11.6 Å². The average Bonchev–Trinajstić information content (AvgIpc) is 2.36. The van der Waals surface area contributed by atoms with Gasteiger partial charge in [-0.1, -0.05) is 11.6 Å². The molecule has 8 heteroatoms. The molecule has 114 valence electrons. The SMILES string of the molecule is CN(C)CCNS(=O)(=O)c1cc2ccc(=O)[nH]c2cc1Cl. The third-order valence-electron chi connectivity index (χ3n) is 2.92. The van der Waals surface area contributed by atoms with Gasteiger partial charge in [-0.3, -0.25) is 4.79 Å². The standard InChI is InChI=1S/C13H16ClN3O3S/c1-17(2)6-5-15-21(19,20)12-7-9-3-4-13(18)16-11(9)8-10(12)14/h3-4,7-8,15H,5-6H2,1-2H3,(H,16,18). The van der Waals surface area contributed by atoms with Gasteiger partial charge in [0.2, 0.25) is 15.6 Å². The van der Waals surface area contributed by atoms with Crippen molar-refractivity contribution in [1.82, 2.24) is 14.6 Å². The number of aromatic amines is 1. The lowest BCUT2D eigenvalue weighted by atomic mass is 10.2. The van der Waals surface area contributed by atoms with Crippen LogP contribution in [0.5, 0.6) is 0 Å². The van der Waals surface area contributed by atoms with Crippen molar-refractivity contribution in [3.05, 3.63) is 39.6 Å². The number of fused-ring (bicyclic) bond motifs is 1. The minimum atomic E-state index is -3.69. The molecule has 0 saturated heterocycles. The van der Waals surface area contributed by atoms with E-state index in [-0.39, 0.29) is 22.0 Å². The topological polar surface area (TPSA) is 82.3 Å². The molecule has 0 aliphatic carbocycles. The van der Waals surface area contributed by atoms with Gasteiger partial charge in [-0.2, -0.15) is 0 Å². The Hall–Kier alpha value is -1.41. The van der Waals surface area contributed by atoms with E-state index in [0.29, 0.717) is 17.4 Å². The van der Waals surface area contributed by atoms with Crippen molar-refractivity contribution in [3.8, 4) is 0 Å². The van der Waals surface area contributed by atoms with Crippen LogP contribution in [-0.2, 0) is 10.0 Å². The second-order valence-electron chi connectivity index (χ2n) is 4.89. The second-order valence-corrected chi connectivity index (χ2v) is 7.04. The van der Waals surface area contributed by atoms with Crippen LogP contribution in [0.15, 0.2) is 34.0 Å². The maximum Gasteiger partial charge on any atom is 0.248 e. The van der Waals surface area contributed by atoms with Crippen molar-refractivity contribution in [2.45, 2.75) is 4.90 Å². The summed E-state index contributed by atoms with van der Waals surface area (Å²) in [4.78, 5) is 15.7. The molecule has 1 aromatic carbocycles. The highest BCUT2D eigenvalue weighted by Gasteiger charge is 2.18. The normalized spacial score (nSPS) is 12.2. The average molecular weight is 330 g/mol. The summed E-state index contributed by atoms with van der Waals surface area (Å²) in [6.07, 6.45) is 0. The van der Waals surface area contributed by atoms with E-state index in [2.05, 4.69) is 9.71 Å². The fraction of sp³-hybridized carbons (Fsp3) is 0.308. The van der Waals surface area contributed by atoms with Crippen LogP contribution < -0.4 is 10.3 Å². The van der Waals surface area contributed by atoms with Gasteiger partial charge in [-0.15, -0.1) is 0 Å². The largest absolute Gasteiger partial charge is 0.322 e. The van der Waals surface area contributed by atoms with E-state index in [1.54, 1.807) is 6.07 Å². The molecular formula is C13H16ClN3O3S. The molecule has 2 aromatic rings. The van der Waals surface area contributed by atoms with Gasteiger partial charge in [0.1, 0.15) is 4.90 Å². The van der Waals surface area contributed by atoms with Crippen molar-refractivity contribution >= 4 is 32.5 Å². The Morgan fingerprint density at radius 2 is 2.00 bits per heavy atom. The van der Waals surface area contributed by atoms with Crippen molar-refractivity contribution in [1.29, 1.82) is 0 Å². The van der Waals surface area contributed by atoms with Gasteiger partial charge >= 0.3 is 0 Å². The number of halogens is 1. The summed E-state index contributed by atoms with van der Waals surface area (Å²) in [5.41, 5.74) is 0.234. The minimum absolute atomic E-state index is 0.00229. The first-order chi connectivity index (χ1) is 9.79. The molecule has 0 bridgehead atoms. The van der Waals surface area contributed by atoms with Gasteiger partial charge in [0.25, 0.3) is 0 Å². The van der Waals surface area contributed by atoms with Crippen molar-refractivity contribution in [3.63, 3.8) is 0 Å². The molecule has 0 spiro atoms. The first-order valence-corrected chi connectivity index (χ1v) is 8.13. The lowest BCUT2D eigenvalue weighted by Crippen LogP contribution is -2.31. The van der Waals surface area contributed by atoms with Crippen LogP contribution in [-0.4, -0.2) is 45.5 Å². The maximum absolute atomic E-state index is 12.3. The Morgan fingerprint density at radius 3 is 2.67 bits per heavy atom.